The molecule has 3 N–H and O–H groups in total. The summed E-state index contributed by atoms with van der Waals surface area (Å²) in [6.45, 7) is 0. The molecule has 0 atom stereocenters. The second kappa shape index (κ2) is 2.35. The summed E-state index contributed by atoms with van der Waals surface area (Å²) in [6, 6.07) is 0. The molecular weight excluding hydrogens is 170 g/mol. The standard InChI is InChI=1S/C4H5N3O3S/c5-3(8)4-6-1-2-11(9,10)7-4/h1-2H,(H2,5,8)(H,6,7). The molecule has 0 aromatic heterocycles. The molecule has 0 radical (unpaired) electrons. The Balaban J connectivity index is 3.06. The van der Waals surface area contributed by atoms with Crippen LogP contribution in [0.15, 0.2) is 16.0 Å². The molecule has 0 spiro atoms. The van der Waals surface area contributed by atoms with Gasteiger partial charge in [0.15, 0.2) is 0 Å². The van der Waals surface area contributed by atoms with E-state index in [-0.39, 0.29) is 5.84 Å². The third-order valence-electron chi connectivity index (χ3n) is 0.912. The van der Waals surface area contributed by atoms with Gasteiger partial charge in [-0.05, 0) is 0 Å². The van der Waals surface area contributed by atoms with Crippen molar-refractivity contribution in [3.63, 3.8) is 0 Å². The number of sulfonamides is 1. The lowest BCUT2D eigenvalue weighted by Gasteiger charge is -2.04. The zero-order chi connectivity index (χ0) is 8.48. The van der Waals surface area contributed by atoms with Gasteiger partial charge in [0.25, 0.3) is 15.9 Å². The van der Waals surface area contributed by atoms with Crippen molar-refractivity contribution in [3.8, 4) is 0 Å². The summed E-state index contributed by atoms with van der Waals surface area (Å²) in [7, 11) is -3.63. The number of nitrogens with zero attached hydrogens (tertiary/aromatic N) is 1. The molecule has 0 aromatic rings. The van der Waals surface area contributed by atoms with Gasteiger partial charge in [0.2, 0.25) is 5.84 Å². The van der Waals surface area contributed by atoms with Crippen LogP contribution in [0.1, 0.15) is 0 Å². The normalized spacial score (nSPS) is 20.2. The quantitative estimate of drug-likeness (QED) is 0.494. The Morgan fingerprint density at radius 3 is 2.64 bits per heavy atom. The van der Waals surface area contributed by atoms with Crippen LogP contribution < -0.4 is 11.1 Å². The van der Waals surface area contributed by atoms with E-state index in [1.165, 1.54) is 0 Å². The van der Waals surface area contributed by atoms with E-state index < -0.39 is 15.9 Å². The first-order valence-electron chi connectivity index (χ1n) is 2.59. The van der Waals surface area contributed by atoms with E-state index in [1.807, 2.05) is 0 Å². The molecule has 1 rings (SSSR count). The molecule has 60 valence electrons. The van der Waals surface area contributed by atoms with E-state index in [1.54, 1.807) is 0 Å². The van der Waals surface area contributed by atoms with E-state index in [9.17, 15) is 13.2 Å². The van der Waals surface area contributed by atoms with Crippen molar-refractivity contribution >= 4 is 21.8 Å². The number of amidine groups is 1. The summed E-state index contributed by atoms with van der Waals surface area (Å²) in [5.41, 5.74) is 4.76. The summed E-state index contributed by atoms with van der Waals surface area (Å²) >= 11 is 0. The van der Waals surface area contributed by atoms with Gasteiger partial charge >= 0.3 is 0 Å². The van der Waals surface area contributed by atoms with Gasteiger partial charge in [0, 0.05) is 6.20 Å². The maximum Gasteiger partial charge on any atom is 0.285 e. The van der Waals surface area contributed by atoms with Crippen molar-refractivity contribution in [1.29, 1.82) is 0 Å². The first kappa shape index (κ1) is 7.73. The van der Waals surface area contributed by atoms with Crippen LogP contribution in [0.2, 0.25) is 0 Å². The fourth-order valence-electron chi connectivity index (χ4n) is 0.499. The molecule has 0 bridgehead atoms. The number of hydrogen-bond donors (Lipinski definition) is 2. The SMILES string of the molecule is NC(=O)C1=NS(=O)(=O)C=CN1. The van der Waals surface area contributed by atoms with Gasteiger partial charge in [0.05, 0.1) is 5.41 Å². The van der Waals surface area contributed by atoms with Gasteiger partial charge in [-0.3, -0.25) is 4.79 Å². The largest absolute Gasteiger partial charge is 0.363 e. The van der Waals surface area contributed by atoms with E-state index in [0.717, 1.165) is 11.6 Å². The second-order valence-corrected chi connectivity index (χ2v) is 3.25. The third-order valence-corrected chi connectivity index (χ3v) is 1.83. The zero-order valence-corrected chi connectivity index (χ0v) is 6.13. The fraction of sp³-hybridized carbons (Fsp3) is 0. The lowest BCUT2D eigenvalue weighted by molar-refractivity contribution is -0.112. The van der Waals surface area contributed by atoms with Crippen LogP contribution in [-0.4, -0.2) is 20.2 Å². The van der Waals surface area contributed by atoms with E-state index in [4.69, 9.17) is 5.73 Å². The molecule has 1 aliphatic rings. The highest BCUT2D eigenvalue weighted by Crippen LogP contribution is 1.98. The van der Waals surface area contributed by atoms with Gasteiger partial charge in [-0.1, -0.05) is 0 Å². The lowest BCUT2D eigenvalue weighted by atomic mass is 10.5. The number of rotatable bonds is 1. The highest BCUT2D eigenvalue weighted by molar-refractivity contribution is 7.93. The molecule has 0 saturated heterocycles. The molecule has 0 saturated carbocycles. The van der Waals surface area contributed by atoms with Gasteiger partial charge in [-0.25, -0.2) is 0 Å². The Bertz CT molecular complexity index is 340. The Kier molecular flexibility index (Phi) is 1.65. The van der Waals surface area contributed by atoms with Crippen LogP contribution in [0.25, 0.3) is 0 Å². The number of primary amides is 1. The molecule has 0 fully saturated rings. The van der Waals surface area contributed by atoms with Crippen molar-refractivity contribution in [3.05, 3.63) is 11.6 Å². The molecule has 11 heavy (non-hydrogen) atoms. The number of nitrogens with two attached hydrogens (primary N) is 1. The molecule has 1 aliphatic heterocycles. The van der Waals surface area contributed by atoms with Crippen LogP contribution in [0.3, 0.4) is 0 Å². The second-order valence-electron chi connectivity index (χ2n) is 1.77. The van der Waals surface area contributed by atoms with Crippen LogP contribution >= 0.6 is 0 Å². The summed E-state index contributed by atoms with van der Waals surface area (Å²) in [5, 5.41) is 3.12. The molecule has 0 aromatic carbocycles. The highest BCUT2D eigenvalue weighted by atomic mass is 32.2. The number of carbonyl (C=O) groups is 1. The van der Waals surface area contributed by atoms with Gasteiger partial charge in [0.1, 0.15) is 0 Å². The first-order valence-corrected chi connectivity index (χ1v) is 4.09. The minimum atomic E-state index is -3.63. The smallest absolute Gasteiger partial charge is 0.285 e. The van der Waals surface area contributed by atoms with E-state index >= 15 is 0 Å². The lowest BCUT2D eigenvalue weighted by Crippen LogP contribution is -2.35. The number of amides is 1. The van der Waals surface area contributed by atoms with Crippen molar-refractivity contribution in [2.45, 2.75) is 0 Å². The summed E-state index contributed by atoms with van der Waals surface area (Å²) < 4.78 is 24.3. The first-order chi connectivity index (χ1) is 5.01. The van der Waals surface area contributed by atoms with Crippen LogP contribution in [0.5, 0.6) is 0 Å². The summed E-state index contributed by atoms with van der Waals surface area (Å²) in [6.07, 6.45) is 1.09. The third kappa shape index (κ3) is 1.77. The van der Waals surface area contributed by atoms with Crippen molar-refractivity contribution in [1.82, 2.24) is 5.32 Å². The van der Waals surface area contributed by atoms with Crippen molar-refractivity contribution < 1.29 is 13.2 Å². The van der Waals surface area contributed by atoms with Gasteiger partial charge < -0.3 is 11.1 Å². The van der Waals surface area contributed by atoms with Crippen molar-refractivity contribution in [2.75, 3.05) is 0 Å². The maximum atomic E-state index is 10.6. The predicted octanol–water partition coefficient (Wildman–Crippen LogP) is -1.73. The van der Waals surface area contributed by atoms with E-state index in [0.29, 0.717) is 0 Å². The Hall–Kier alpha value is -1.37. The number of hydrogen-bond acceptors (Lipinski definition) is 4. The number of nitrogens with one attached hydrogen (secondary N) is 1. The van der Waals surface area contributed by atoms with Gasteiger partial charge in [-0.15, -0.1) is 4.40 Å². The summed E-state index contributed by atoms with van der Waals surface area (Å²) in [5.74, 6) is -1.27. The Labute approximate surface area is 62.8 Å². The molecule has 0 aliphatic carbocycles. The average molecular weight is 175 g/mol. The monoisotopic (exact) mass is 175 g/mol. The topological polar surface area (TPSA) is 102 Å². The van der Waals surface area contributed by atoms with Gasteiger partial charge in [-0.2, -0.15) is 8.42 Å². The van der Waals surface area contributed by atoms with Crippen LogP contribution in [0.4, 0.5) is 0 Å². The molecule has 1 amide bonds. The molecule has 1 heterocycles. The average Bonchev–Trinajstić information content (AvgIpc) is 1.85. The Morgan fingerprint density at radius 1 is 1.64 bits per heavy atom. The molecule has 7 heteroatoms. The molecule has 0 unspecified atom stereocenters. The Morgan fingerprint density at radius 2 is 2.27 bits per heavy atom. The van der Waals surface area contributed by atoms with E-state index in [2.05, 4.69) is 9.71 Å². The van der Waals surface area contributed by atoms with Crippen LogP contribution in [0, 0.1) is 0 Å². The minimum absolute atomic E-state index is 0.368. The molecule has 6 nitrogen and oxygen atoms in total. The molecular formula is C4H5N3O3S. The number of carbonyl (C=O) groups excluding carboxylic acids is 1. The van der Waals surface area contributed by atoms with Crippen LogP contribution in [-0.2, 0) is 14.8 Å². The minimum Gasteiger partial charge on any atom is -0.363 e. The zero-order valence-electron chi connectivity index (χ0n) is 5.31. The fourth-order valence-corrected chi connectivity index (χ4v) is 1.20. The summed E-state index contributed by atoms with van der Waals surface area (Å²) in [4.78, 5) is 10.4. The highest BCUT2D eigenvalue weighted by Gasteiger charge is 2.14. The van der Waals surface area contributed by atoms with Crippen molar-refractivity contribution in [2.24, 2.45) is 10.1 Å². The maximum absolute atomic E-state index is 10.6. The predicted molar refractivity (Wildman–Crippen MR) is 37.8 cm³/mol.